The SMILES string of the molecule is CN(CC[N+]1(C)CCOCC1)CC[N+]1(C)CCOCC1.[Br-].[Br-]. The first-order valence-corrected chi connectivity index (χ1v) is 8.03. The molecule has 5 nitrogen and oxygen atoms in total. The zero-order chi connectivity index (χ0) is 14.5. The van der Waals surface area contributed by atoms with E-state index in [2.05, 4.69) is 26.0 Å². The minimum absolute atomic E-state index is 0. The van der Waals surface area contributed by atoms with Crippen LogP contribution in [0.2, 0.25) is 0 Å². The van der Waals surface area contributed by atoms with Crippen molar-refractivity contribution in [1.82, 2.24) is 4.90 Å². The highest BCUT2D eigenvalue weighted by Gasteiger charge is 2.27. The fourth-order valence-electron chi connectivity index (χ4n) is 2.95. The van der Waals surface area contributed by atoms with Crippen LogP contribution in [0.1, 0.15) is 0 Å². The summed E-state index contributed by atoms with van der Waals surface area (Å²) in [5, 5.41) is 0. The summed E-state index contributed by atoms with van der Waals surface area (Å²) in [5.41, 5.74) is 0. The van der Waals surface area contributed by atoms with Crippen molar-refractivity contribution in [3.63, 3.8) is 0 Å². The monoisotopic (exact) mass is 445 g/mol. The second-order valence-electron chi connectivity index (χ2n) is 7.11. The molecule has 0 aromatic heterocycles. The lowest BCUT2D eigenvalue weighted by Crippen LogP contribution is -3.00. The van der Waals surface area contributed by atoms with Crippen LogP contribution in [0.25, 0.3) is 0 Å². The molecule has 0 aromatic rings. The number of morpholine rings is 2. The van der Waals surface area contributed by atoms with Gasteiger partial charge in [-0.2, -0.15) is 0 Å². The summed E-state index contributed by atoms with van der Waals surface area (Å²) in [6.07, 6.45) is 0. The molecule has 0 atom stereocenters. The van der Waals surface area contributed by atoms with Gasteiger partial charge in [0.1, 0.15) is 26.2 Å². The van der Waals surface area contributed by atoms with Gasteiger partial charge in [0.2, 0.25) is 0 Å². The molecule has 0 unspecified atom stereocenters. The largest absolute Gasteiger partial charge is 1.00 e. The van der Waals surface area contributed by atoms with E-state index < -0.39 is 0 Å². The van der Waals surface area contributed by atoms with E-state index in [0.717, 1.165) is 26.4 Å². The van der Waals surface area contributed by atoms with Crippen LogP contribution in [0.5, 0.6) is 0 Å². The summed E-state index contributed by atoms with van der Waals surface area (Å²) in [4.78, 5) is 2.50. The van der Waals surface area contributed by atoms with Crippen molar-refractivity contribution in [2.45, 2.75) is 0 Å². The van der Waals surface area contributed by atoms with Gasteiger partial charge in [-0.3, -0.25) is 4.90 Å². The van der Waals surface area contributed by atoms with Crippen LogP contribution in [0.15, 0.2) is 0 Å². The fraction of sp³-hybridized carbons (Fsp3) is 1.00. The number of quaternary nitrogens is 2. The number of hydrogen-bond donors (Lipinski definition) is 0. The van der Waals surface area contributed by atoms with E-state index in [1.54, 1.807) is 0 Å². The average molecular weight is 447 g/mol. The molecule has 2 heterocycles. The Kier molecular flexibility index (Phi) is 11.0. The van der Waals surface area contributed by atoms with Gasteiger partial charge in [-0.1, -0.05) is 0 Å². The van der Waals surface area contributed by atoms with E-state index in [-0.39, 0.29) is 34.0 Å². The Bertz CT molecular complexity index is 269. The van der Waals surface area contributed by atoms with Crippen LogP contribution in [0.4, 0.5) is 0 Å². The number of nitrogens with zero attached hydrogens (tertiary/aromatic N) is 3. The van der Waals surface area contributed by atoms with Gasteiger partial charge in [0.05, 0.1) is 53.6 Å². The lowest BCUT2D eigenvalue weighted by atomic mass is 10.3. The lowest BCUT2D eigenvalue weighted by Gasteiger charge is -2.40. The van der Waals surface area contributed by atoms with Gasteiger partial charge in [0.25, 0.3) is 0 Å². The third-order valence-corrected chi connectivity index (χ3v) is 5.14. The number of ether oxygens (including phenoxy) is 2. The Morgan fingerprint density at radius 2 is 1.05 bits per heavy atom. The molecule has 0 aliphatic carbocycles. The van der Waals surface area contributed by atoms with Crippen molar-refractivity contribution in [1.29, 1.82) is 0 Å². The molecule has 134 valence electrons. The third-order valence-electron chi connectivity index (χ3n) is 5.14. The van der Waals surface area contributed by atoms with E-state index >= 15 is 0 Å². The Morgan fingerprint density at radius 1 is 0.727 bits per heavy atom. The molecule has 2 saturated heterocycles. The van der Waals surface area contributed by atoms with Gasteiger partial charge in [0, 0.05) is 13.1 Å². The van der Waals surface area contributed by atoms with Crippen molar-refractivity contribution in [3.05, 3.63) is 0 Å². The molecule has 0 saturated carbocycles. The summed E-state index contributed by atoms with van der Waals surface area (Å²) in [5.74, 6) is 0. The van der Waals surface area contributed by atoms with E-state index in [1.807, 2.05) is 0 Å². The maximum Gasteiger partial charge on any atom is 0.102 e. The Morgan fingerprint density at radius 3 is 1.36 bits per heavy atom. The zero-order valence-corrected chi connectivity index (χ0v) is 17.6. The highest BCUT2D eigenvalue weighted by molar-refractivity contribution is 4.55. The number of hydrogen-bond acceptors (Lipinski definition) is 3. The van der Waals surface area contributed by atoms with Crippen LogP contribution in [0, 0.1) is 0 Å². The predicted octanol–water partition coefficient (Wildman–Crippen LogP) is -6.12. The standard InChI is InChI=1S/C15H33N3O2.2BrH/c1-16(4-6-17(2)8-12-19-13-9-17)5-7-18(3)10-14-20-15-11-18;;/h4-15H2,1-3H3;2*1H/q+2;;/p-2. The molecule has 2 aliphatic rings. The number of rotatable bonds is 6. The molecule has 2 fully saturated rings. The molecule has 22 heavy (non-hydrogen) atoms. The lowest BCUT2D eigenvalue weighted by molar-refractivity contribution is -0.918. The topological polar surface area (TPSA) is 21.7 Å². The zero-order valence-electron chi connectivity index (χ0n) is 14.4. The summed E-state index contributed by atoms with van der Waals surface area (Å²) in [7, 11) is 7.00. The Balaban J connectivity index is 0.00000220. The van der Waals surface area contributed by atoms with Crippen LogP contribution in [0.3, 0.4) is 0 Å². The molecule has 0 bridgehead atoms. The summed E-state index contributed by atoms with van der Waals surface area (Å²) in [6, 6.07) is 0. The molecular formula is C15H33Br2N3O2. The van der Waals surface area contributed by atoms with Crippen LogP contribution in [-0.4, -0.2) is 114 Å². The quantitative estimate of drug-likeness (QED) is 0.379. The molecule has 0 N–H and O–H groups in total. The summed E-state index contributed by atoms with van der Waals surface area (Å²) >= 11 is 0. The van der Waals surface area contributed by atoms with Crippen molar-refractivity contribution in [2.24, 2.45) is 0 Å². The van der Waals surface area contributed by atoms with Gasteiger partial charge in [-0.15, -0.1) is 0 Å². The minimum Gasteiger partial charge on any atom is -1.00 e. The first kappa shape index (κ1) is 22.8. The second-order valence-corrected chi connectivity index (χ2v) is 7.11. The van der Waals surface area contributed by atoms with Gasteiger partial charge in [-0.05, 0) is 7.05 Å². The maximum atomic E-state index is 5.47. The van der Waals surface area contributed by atoms with Gasteiger partial charge in [-0.25, -0.2) is 0 Å². The first-order valence-electron chi connectivity index (χ1n) is 8.03. The van der Waals surface area contributed by atoms with Gasteiger partial charge >= 0.3 is 0 Å². The molecule has 0 amide bonds. The molecule has 2 aliphatic heterocycles. The summed E-state index contributed by atoms with van der Waals surface area (Å²) in [6.45, 7) is 13.2. The predicted molar refractivity (Wildman–Crippen MR) is 80.7 cm³/mol. The number of likely N-dealkylation sites (N-methyl/N-ethyl adjacent to an activating group) is 3. The van der Waals surface area contributed by atoms with Crippen LogP contribution >= 0.6 is 0 Å². The van der Waals surface area contributed by atoms with E-state index in [0.29, 0.717) is 0 Å². The Hall–Kier alpha value is 0.760. The highest BCUT2D eigenvalue weighted by Crippen LogP contribution is 2.09. The molecule has 0 aromatic carbocycles. The highest BCUT2D eigenvalue weighted by atomic mass is 79.9. The normalized spacial score (nSPS) is 23.5. The van der Waals surface area contributed by atoms with E-state index in [1.165, 1.54) is 61.3 Å². The van der Waals surface area contributed by atoms with E-state index in [9.17, 15) is 0 Å². The molecule has 7 heteroatoms. The molecule has 0 spiro atoms. The van der Waals surface area contributed by atoms with Gasteiger partial charge in [0.15, 0.2) is 0 Å². The molecule has 0 radical (unpaired) electrons. The maximum absolute atomic E-state index is 5.47. The van der Waals surface area contributed by atoms with Crippen molar-refractivity contribution >= 4 is 0 Å². The molecular weight excluding hydrogens is 414 g/mol. The van der Waals surface area contributed by atoms with Crippen molar-refractivity contribution < 1.29 is 52.4 Å². The second kappa shape index (κ2) is 10.6. The first-order chi connectivity index (χ1) is 9.52. The van der Waals surface area contributed by atoms with E-state index in [4.69, 9.17) is 9.47 Å². The Labute approximate surface area is 157 Å². The minimum atomic E-state index is 0. The smallest absolute Gasteiger partial charge is 0.102 e. The van der Waals surface area contributed by atoms with Gasteiger partial charge < -0.3 is 52.4 Å². The molecule has 2 rings (SSSR count). The van der Waals surface area contributed by atoms with Crippen LogP contribution in [-0.2, 0) is 9.47 Å². The summed E-state index contributed by atoms with van der Waals surface area (Å²) < 4.78 is 13.3. The average Bonchev–Trinajstić information content (AvgIpc) is 2.45. The third kappa shape index (κ3) is 7.55. The van der Waals surface area contributed by atoms with Crippen LogP contribution < -0.4 is 34.0 Å². The fourth-order valence-corrected chi connectivity index (χ4v) is 2.95. The van der Waals surface area contributed by atoms with Crippen molar-refractivity contribution in [3.8, 4) is 0 Å². The van der Waals surface area contributed by atoms with Crippen molar-refractivity contribution in [2.75, 3.05) is 99.9 Å². The number of halogens is 2.